The Morgan fingerprint density at radius 2 is 2.14 bits per heavy atom. The average Bonchev–Trinajstić information content (AvgIpc) is 2.45. The number of hydrogen-bond donors (Lipinski definition) is 1. The molecule has 0 unspecified atom stereocenters. The summed E-state index contributed by atoms with van der Waals surface area (Å²) in [5, 5.41) is 3.06. The number of urea groups is 1. The molecule has 0 aromatic heterocycles. The predicted molar refractivity (Wildman–Crippen MR) is 84.4 cm³/mol. The van der Waals surface area contributed by atoms with Gasteiger partial charge in [-0.15, -0.1) is 0 Å². The van der Waals surface area contributed by atoms with Crippen molar-refractivity contribution in [3.05, 3.63) is 0 Å². The highest BCUT2D eigenvalue weighted by atomic mass is 16.5. The van der Waals surface area contributed by atoms with Crippen molar-refractivity contribution < 1.29 is 9.53 Å². The zero-order valence-corrected chi connectivity index (χ0v) is 13.8. The molecule has 2 amide bonds. The molecular formula is C16H31N3O2. The molecule has 2 atom stereocenters. The van der Waals surface area contributed by atoms with Gasteiger partial charge in [-0.3, -0.25) is 0 Å². The van der Waals surface area contributed by atoms with Crippen LogP contribution in [0.1, 0.15) is 39.5 Å². The van der Waals surface area contributed by atoms with E-state index in [0.717, 1.165) is 45.5 Å². The number of likely N-dealkylation sites (tertiary alicyclic amines) is 2. The molecule has 0 aromatic rings. The van der Waals surface area contributed by atoms with Crippen LogP contribution in [0.5, 0.6) is 0 Å². The fourth-order valence-corrected chi connectivity index (χ4v) is 3.53. The Bertz CT molecular complexity index is 335. The van der Waals surface area contributed by atoms with Gasteiger partial charge in [0.2, 0.25) is 0 Å². The molecule has 122 valence electrons. The maximum Gasteiger partial charge on any atom is 0.317 e. The van der Waals surface area contributed by atoms with Crippen molar-refractivity contribution in [3.63, 3.8) is 0 Å². The van der Waals surface area contributed by atoms with E-state index in [1.165, 1.54) is 6.42 Å². The number of hydrogen-bond acceptors (Lipinski definition) is 3. The van der Waals surface area contributed by atoms with Gasteiger partial charge in [0.15, 0.2) is 0 Å². The van der Waals surface area contributed by atoms with Gasteiger partial charge in [-0.05, 0) is 59.0 Å². The van der Waals surface area contributed by atoms with Crippen LogP contribution in [0.3, 0.4) is 0 Å². The molecule has 2 fully saturated rings. The topological polar surface area (TPSA) is 44.8 Å². The van der Waals surface area contributed by atoms with Crippen LogP contribution in [0, 0.1) is 5.92 Å². The van der Waals surface area contributed by atoms with E-state index in [1.54, 1.807) is 0 Å². The molecule has 2 aliphatic rings. The van der Waals surface area contributed by atoms with Crippen LogP contribution in [-0.4, -0.2) is 67.8 Å². The molecule has 2 rings (SSSR count). The Labute approximate surface area is 129 Å². The molecule has 2 aliphatic heterocycles. The number of carbonyl (C=O) groups is 1. The van der Waals surface area contributed by atoms with Crippen LogP contribution in [0.4, 0.5) is 4.79 Å². The Balaban J connectivity index is 1.73. The SMILES string of the molecule is CC(C)OCCCNC(=O)N1CCC[C@@H]2CN(C)CC[C@H]21. The minimum atomic E-state index is 0.124. The minimum absolute atomic E-state index is 0.124. The highest BCUT2D eigenvalue weighted by Crippen LogP contribution is 2.29. The molecule has 0 saturated carbocycles. The number of nitrogens with one attached hydrogen (secondary N) is 1. The van der Waals surface area contributed by atoms with Crippen LogP contribution < -0.4 is 5.32 Å². The Kier molecular flexibility index (Phi) is 6.30. The number of rotatable bonds is 5. The van der Waals surface area contributed by atoms with E-state index in [0.29, 0.717) is 18.5 Å². The van der Waals surface area contributed by atoms with Crippen molar-refractivity contribution in [1.82, 2.24) is 15.1 Å². The second-order valence-electron chi connectivity index (χ2n) is 6.72. The fourth-order valence-electron chi connectivity index (χ4n) is 3.53. The molecule has 5 nitrogen and oxygen atoms in total. The Morgan fingerprint density at radius 3 is 2.90 bits per heavy atom. The molecule has 0 aromatic carbocycles. The highest BCUT2D eigenvalue weighted by Gasteiger charge is 2.37. The number of carbonyl (C=O) groups excluding carboxylic acids is 1. The van der Waals surface area contributed by atoms with E-state index < -0.39 is 0 Å². The summed E-state index contributed by atoms with van der Waals surface area (Å²) in [6.45, 7) is 8.65. The zero-order valence-electron chi connectivity index (χ0n) is 13.8. The smallest absolute Gasteiger partial charge is 0.317 e. The molecule has 0 bridgehead atoms. The number of ether oxygens (including phenoxy) is 1. The maximum absolute atomic E-state index is 12.4. The molecular weight excluding hydrogens is 266 g/mol. The molecule has 1 N–H and O–H groups in total. The van der Waals surface area contributed by atoms with E-state index in [1.807, 2.05) is 13.8 Å². The van der Waals surface area contributed by atoms with Crippen molar-refractivity contribution in [3.8, 4) is 0 Å². The number of nitrogens with zero attached hydrogens (tertiary/aromatic N) is 2. The first-order valence-electron chi connectivity index (χ1n) is 8.42. The molecule has 0 radical (unpaired) electrons. The number of piperidine rings is 2. The van der Waals surface area contributed by atoms with Gasteiger partial charge in [-0.2, -0.15) is 0 Å². The number of fused-ring (bicyclic) bond motifs is 1. The molecule has 5 heteroatoms. The van der Waals surface area contributed by atoms with Crippen LogP contribution in [0.15, 0.2) is 0 Å². The Hall–Kier alpha value is -0.810. The van der Waals surface area contributed by atoms with Gasteiger partial charge < -0.3 is 19.9 Å². The van der Waals surface area contributed by atoms with Gasteiger partial charge in [0.25, 0.3) is 0 Å². The summed E-state index contributed by atoms with van der Waals surface area (Å²) < 4.78 is 5.50. The third kappa shape index (κ3) is 4.85. The number of amides is 2. The third-order valence-electron chi connectivity index (χ3n) is 4.58. The van der Waals surface area contributed by atoms with Gasteiger partial charge in [0, 0.05) is 32.3 Å². The highest BCUT2D eigenvalue weighted by molar-refractivity contribution is 5.74. The van der Waals surface area contributed by atoms with Gasteiger partial charge in [-0.25, -0.2) is 4.79 Å². The normalized spacial score (nSPS) is 26.8. The molecule has 2 heterocycles. The van der Waals surface area contributed by atoms with Crippen LogP contribution in [0.25, 0.3) is 0 Å². The largest absolute Gasteiger partial charge is 0.379 e. The minimum Gasteiger partial charge on any atom is -0.379 e. The first-order chi connectivity index (χ1) is 10.1. The monoisotopic (exact) mass is 297 g/mol. The second-order valence-corrected chi connectivity index (χ2v) is 6.72. The first-order valence-corrected chi connectivity index (χ1v) is 8.42. The Morgan fingerprint density at radius 1 is 1.33 bits per heavy atom. The quantitative estimate of drug-likeness (QED) is 0.789. The van der Waals surface area contributed by atoms with Gasteiger partial charge in [0.1, 0.15) is 0 Å². The molecule has 2 saturated heterocycles. The lowest BCUT2D eigenvalue weighted by atomic mass is 9.84. The van der Waals surface area contributed by atoms with Crippen molar-refractivity contribution in [2.45, 2.75) is 51.7 Å². The average molecular weight is 297 g/mol. The summed E-state index contributed by atoms with van der Waals surface area (Å²) in [6, 6.07) is 0.570. The van der Waals surface area contributed by atoms with E-state index >= 15 is 0 Å². The van der Waals surface area contributed by atoms with Crippen molar-refractivity contribution in [2.75, 3.05) is 39.8 Å². The summed E-state index contributed by atoms with van der Waals surface area (Å²) in [5.41, 5.74) is 0. The summed E-state index contributed by atoms with van der Waals surface area (Å²) in [6.07, 6.45) is 4.67. The van der Waals surface area contributed by atoms with Gasteiger partial charge >= 0.3 is 6.03 Å². The lowest BCUT2D eigenvalue weighted by Gasteiger charge is -2.46. The van der Waals surface area contributed by atoms with Gasteiger partial charge in [-0.1, -0.05) is 0 Å². The lowest BCUT2D eigenvalue weighted by molar-refractivity contribution is 0.0523. The van der Waals surface area contributed by atoms with E-state index in [4.69, 9.17) is 4.74 Å². The summed E-state index contributed by atoms with van der Waals surface area (Å²) in [5.74, 6) is 0.660. The van der Waals surface area contributed by atoms with E-state index in [2.05, 4.69) is 22.2 Å². The standard InChI is InChI=1S/C16H31N3O2/c1-13(2)21-11-5-8-17-16(20)19-9-4-6-14-12-18(3)10-7-15(14)19/h13-15H,4-12H2,1-3H3,(H,17,20)/t14-,15-/m1/s1. The zero-order chi connectivity index (χ0) is 15.2. The maximum atomic E-state index is 12.4. The lowest BCUT2D eigenvalue weighted by Crippen LogP contribution is -2.57. The first kappa shape index (κ1) is 16.6. The van der Waals surface area contributed by atoms with Gasteiger partial charge in [0.05, 0.1) is 6.10 Å². The fraction of sp³-hybridized carbons (Fsp3) is 0.938. The predicted octanol–water partition coefficient (Wildman–Crippen LogP) is 1.93. The van der Waals surface area contributed by atoms with E-state index in [-0.39, 0.29) is 12.1 Å². The summed E-state index contributed by atoms with van der Waals surface area (Å²) in [7, 11) is 2.18. The van der Waals surface area contributed by atoms with Crippen LogP contribution in [-0.2, 0) is 4.74 Å². The summed E-state index contributed by atoms with van der Waals surface area (Å²) >= 11 is 0. The second kappa shape index (κ2) is 7.99. The van der Waals surface area contributed by atoms with E-state index in [9.17, 15) is 4.79 Å². The van der Waals surface area contributed by atoms with Crippen molar-refractivity contribution >= 4 is 6.03 Å². The van der Waals surface area contributed by atoms with Crippen molar-refractivity contribution in [1.29, 1.82) is 0 Å². The van der Waals surface area contributed by atoms with Crippen molar-refractivity contribution in [2.24, 2.45) is 5.92 Å². The summed E-state index contributed by atoms with van der Waals surface area (Å²) in [4.78, 5) is 16.9. The molecule has 0 aliphatic carbocycles. The van der Waals surface area contributed by atoms with Crippen LogP contribution in [0.2, 0.25) is 0 Å². The van der Waals surface area contributed by atoms with Crippen LogP contribution >= 0.6 is 0 Å². The molecule has 21 heavy (non-hydrogen) atoms. The third-order valence-corrected chi connectivity index (χ3v) is 4.58. The molecule has 0 spiro atoms.